The number of esters is 1. The van der Waals surface area contributed by atoms with E-state index in [1.54, 1.807) is 6.92 Å². The summed E-state index contributed by atoms with van der Waals surface area (Å²) in [5.74, 6) is -0.562. The standard InChI is InChI=1S/C5H10O3.HNO3/c1-3-8-5(7)4(2)6;2-1(3)4/h4,6H,3H2,1-2H3;(H,2,3,4). The molecule has 0 radical (unpaired) electrons. The van der Waals surface area contributed by atoms with Crippen LogP contribution in [0.1, 0.15) is 13.8 Å². The van der Waals surface area contributed by atoms with Gasteiger partial charge in [0.1, 0.15) is 6.10 Å². The Balaban J connectivity index is 0. The molecule has 0 aromatic carbocycles. The normalized spacial score (nSPS) is 10.6. The van der Waals surface area contributed by atoms with Gasteiger partial charge in [0.05, 0.1) is 6.61 Å². The van der Waals surface area contributed by atoms with Crippen LogP contribution in [0.5, 0.6) is 0 Å². The minimum Gasteiger partial charge on any atom is -0.464 e. The number of carbonyl (C=O) groups excluding carboxylic acids is 1. The van der Waals surface area contributed by atoms with Crippen LogP contribution < -0.4 is 0 Å². The Labute approximate surface area is 68.7 Å². The third-order valence-corrected chi connectivity index (χ3v) is 0.628. The van der Waals surface area contributed by atoms with Crippen LogP contribution in [0.2, 0.25) is 0 Å². The fourth-order valence-corrected chi connectivity index (χ4v) is 0.263. The van der Waals surface area contributed by atoms with Gasteiger partial charge < -0.3 is 15.1 Å². The molecule has 0 aliphatic rings. The Morgan fingerprint density at radius 2 is 2.08 bits per heavy atom. The Kier molecular flexibility index (Phi) is 8.53. The maximum absolute atomic E-state index is 10.3. The molecule has 1 unspecified atom stereocenters. The maximum Gasteiger partial charge on any atom is 0.334 e. The summed E-state index contributed by atoms with van der Waals surface area (Å²) in [5.41, 5.74) is 0. The van der Waals surface area contributed by atoms with Crippen molar-refractivity contribution in [1.82, 2.24) is 0 Å². The van der Waals surface area contributed by atoms with Crippen LogP contribution in [-0.4, -0.2) is 34.1 Å². The van der Waals surface area contributed by atoms with Crippen LogP contribution in [0.25, 0.3) is 0 Å². The molecule has 0 heterocycles. The highest BCUT2D eigenvalue weighted by molar-refractivity contribution is 5.73. The van der Waals surface area contributed by atoms with E-state index in [-0.39, 0.29) is 0 Å². The predicted molar refractivity (Wildman–Crippen MR) is 37.1 cm³/mol. The Hall–Kier alpha value is -1.37. The van der Waals surface area contributed by atoms with Crippen molar-refractivity contribution in [3.05, 3.63) is 10.1 Å². The number of hydrogen-bond donors (Lipinski definition) is 2. The highest BCUT2D eigenvalue weighted by Gasteiger charge is 2.07. The van der Waals surface area contributed by atoms with Crippen molar-refractivity contribution >= 4 is 5.97 Å². The first-order valence-corrected chi connectivity index (χ1v) is 3.09. The van der Waals surface area contributed by atoms with Gasteiger partial charge in [-0.2, -0.15) is 0 Å². The molecule has 7 nitrogen and oxygen atoms in total. The molecule has 2 N–H and O–H groups in total. The van der Waals surface area contributed by atoms with E-state index in [1.807, 2.05) is 0 Å². The quantitative estimate of drug-likeness (QED) is 0.340. The highest BCUT2D eigenvalue weighted by atomic mass is 16.9. The minimum atomic E-state index is -1.50. The van der Waals surface area contributed by atoms with Gasteiger partial charge in [0.2, 0.25) is 0 Å². The lowest BCUT2D eigenvalue weighted by molar-refractivity contribution is -0.742. The lowest BCUT2D eigenvalue weighted by Crippen LogP contribution is -2.18. The second-order valence-electron chi connectivity index (χ2n) is 1.67. The van der Waals surface area contributed by atoms with E-state index < -0.39 is 17.2 Å². The second kappa shape index (κ2) is 7.73. The molecule has 0 amide bonds. The summed E-state index contributed by atoms with van der Waals surface area (Å²) in [5, 5.41) is 22.1. The first kappa shape index (κ1) is 13.2. The van der Waals surface area contributed by atoms with Crippen molar-refractivity contribution in [1.29, 1.82) is 0 Å². The summed E-state index contributed by atoms with van der Waals surface area (Å²) in [6.07, 6.45) is -0.991. The maximum atomic E-state index is 10.3. The number of hydrogen-bond acceptors (Lipinski definition) is 5. The van der Waals surface area contributed by atoms with Gasteiger partial charge >= 0.3 is 5.97 Å². The third kappa shape index (κ3) is 15.9. The fraction of sp³-hybridized carbons (Fsp3) is 0.800. The van der Waals surface area contributed by atoms with Gasteiger partial charge in [0.15, 0.2) is 0 Å². The molecule has 0 saturated heterocycles. The molecule has 0 spiro atoms. The van der Waals surface area contributed by atoms with Crippen LogP contribution in [-0.2, 0) is 9.53 Å². The molecule has 0 bridgehead atoms. The molecule has 1 atom stereocenters. The Bertz CT molecular complexity index is 141. The molecule has 0 saturated carbocycles. The SMILES string of the molecule is CCOC(=O)C(C)O.O=[N+]([O-])O. The van der Waals surface area contributed by atoms with Crippen molar-refractivity contribution < 1.29 is 24.9 Å². The van der Waals surface area contributed by atoms with Gasteiger partial charge in [0.25, 0.3) is 5.09 Å². The molecule has 12 heavy (non-hydrogen) atoms. The zero-order chi connectivity index (χ0) is 10.1. The van der Waals surface area contributed by atoms with E-state index in [4.69, 9.17) is 20.4 Å². The molecular formula is C5H11NO6. The number of rotatable bonds is 2. The largest absolute Gasteiger partial charge is 0.464 e. The summed E-state index contributed by atoms with van der Waals surface area (Å²) >= 11 is 0. The first-order valence-electron chi connectivity index (χ1n) is 3.09. The molecule has 0 aliphatic heterocycles. The van der Waals surface area contributed by atoms with Gasteiger partial charge in [-0.3, -0.25) is 0 Å². The number of aliphatic hydroxyl groups excluding tert-OH is 1. The summed E-state index contributed by atoms with van der Waals surface area (Å²) in [7, 11) is 0. The van der Waals surface area contributed by atoms with Crippen molar-refractivity contribution in [2.75, 3.05) is 6.61 Å². The third-order valence-electron chi connectivity index (χ3n) is 0.628. The monoisotopic (exact) mass is 181 g/mol. The van der Waals surface area contributed by atoms with E-state index in [1.165, 1.54) is 6.92 Å². The molecular weight excluding hydrogens is 170 g/mol. The summed E-state index contributed by atoms with van der Waals surface area (Å²) < 4.78 is 4.41. The minimum absolute atomic E-state index is 0.323. The van der Waals surface area contributed by atoms with Crippen molar-refractivity contribution in [3.63, 3.8) is 0 Å². The van der Waals surface area contributed by atoms with Crippen molar-refractivity contribution in [2.24, 2.45) is 0 Å². The van der Waals surface area contributed by atoms with E-state index >= 15 is 0 Å². The fourth-order valence-electron chi connectivity index (χ4n) is 0.263. The van der Waals surface area contributed by atoms with E-state index in [2.05, 4.69) is 4.74 Å². The number of aliphatic hydroxyl groups is 1. The molecule has 0 aromatic heterocycles. The topological polar surface area (TPSA) is 110 Å². The zero-order valence-corrected chi connectivity index (χ0v) is 6.76. The molecule has 0 fully saturated rings. The summed E-state index contributed by atoms with van der Waals surface area (Å²) in [6, 6.07) is 0. The highest BCUT2D eigenvalue weighted by Crippen LogP contribution is 1.84. The number of carbonyl (C=O) groups is 1. The van der Waals surface area contributed by atoms with Crippen LogP contribution in [0.4, 0.5) is 0 Å². The number of ether oxygens (including phenoxy) is 1. The zero-order valence-electron chi connectivity index (χ0n) is 6.76. The molecule has 0 aliphatic carbocycles. The van der Waals surface area contributed by atoms with Crippen LogP contribution in [0, 0.1) is 10.1 Å². The molecule has 0 aromatic rings. The average molecular weight is 181 g/mol. The van der Waals surface area contributed by atoms with Gasteiger partial charge in [-0.15, -0.1) is 10.1 Å². The van der Waals surface area contributed by atoms with Crippen molar-refractivity contribution in [2.45, 2.75) is 20.0 Å². The van der Waals surface area contributed by atoms with Crippen LogP contribution in [0.15, 0.2) is 0 Å². The lowest BCUT2D eigenvalue weighted by atomic mass is 10.4. The lowest BCUT2D eigenvalue weighted by Gasteiger charge is -2.01. The van der Waals surface area contributed by atoms with Crippen LogP contribution >= 0.6 is 0 Å². The Morgan fingerprint density at radius 3 is 2.17 bits per heavy atom. The molecule has 72 valence electrons. The van der Waals surface area contributed by atoms with Crippen LogP contribution in [0.3, 0.4) is 0 Å². The van der Waals surface area contributed by atoms with Gasteiger partial charge in [-0.25, -0.2) is 4.79 Å². The predicted octanol–water partition coefficient (Wildman–Crippen LogP) is -0.417. The van der Waals surface area contributed by atoms with E-state index in [9.17, 15) is 4.79 Å². The smallest absolute Gasteiger partial charge is 0.334 e. The number of nitrogens with zero attached hydrogens (tertiary/aromatic N) is 1. The van der Waals surface area contributed by atoms with Gasteiger partial charge in [-0.1, -0.05) is 0 Å². The summed E-state index contributed by atoms with van der Waals surface area (Å²) in [6.45, 7) is 3.39. The van der Waals surface area contributed by atoms with E-state index in [0.29, 0.717) is 6.61 Å². The summed E-state index contributed by atoms with van der Waals surface area (Å²) in [4.78, 5) is 18.6. The average Bonchev–Trinajstić information content (AvgIpc) is 1.86. The Morgan fingerprint density at radius 1 is 1.75 bits per heavy atom. The first-order chi connectivity index (χ1) is 5.41. The van der Waals surface area contributed by atoms with Gasteiger partial charge in [-0.05, 0) is 13.8 Å². The van der Waals surface area contributed by atoms with E-state index in [0.717, 1.165) is 0 Å². The molecule has 0 rings (SSSR count). The van der Waals surface area contributed by atoms with Gasteiger partial charge in [0, 0.05) is 0 Å². The van der Waals surface area contributed by atoms with Crippen molar-refractivity contribution in [3.8, 4) is 0 Å². The second-order valence-corrected chi connectivity index (χ2v) is 1.67. The molecule has 7 heteroatoms.